The van der Waals surface area contributed by atoms with Crippen molar-refractivity contribution < 1.29 is 32.6 Å². The predicted molar refractivity (Wildman–Crippen MR) is 111 cm³/mol. The molecule has 2 aromatic rings. The molecule has 1 aliphatic rings. The van der Waals surface area contributed by atoms with Crippen molar-refractivity contribution >= 4 is 23.5 Å². The van der Waals surface area contributed by atoms with Gasteiger partial charge in [-0.25, -0.2) is 0 Å². The van der Waals surface area contributed by atoms with Crippen LogP contribution in [-0.4, -0.2) is 58.8 Å². The Morgan fingerprint density at radius 3 is 2.61 bits per heavy atom. The highest BCUT2D eigenvalue weighted by molar-refractivity contribution is 5.92. The van der Waals surface area contributed by atoms with E-state index in [0.29, 0.717) is 24.5 Å². The van der Waals surface area contributed by atoms with Gasteiger partial charge < -0.3 is 29.3 Å². The summed E-state index contributed by atoms with van der Waals surface area (Å²) in [5.41, 5.74) is 2.24. The molecule has 31 heavy (non-hydrogen) atoms. The second-order valence-corrected chi connectivity index (χ2v) is 6.49. The van der Waals surface area contributed by atoms with Crippen molar-refractivity contribution in [2.45, 2.75) is 6.61 Å². The molecule has 1 N–H and O–H groups in total. The van der Waals surface area contributed by atoms with Crippen molar-refractivity contribution in [2.75, 3.05) is 50.2 Å². The first-order valence-corrected chi connectivity index (χ1v) is 9.56. The third-order valence-corrected chi connectivity index (χ3v) is 4.40. The van der Waals surface area contributed by atoms with Gasteiger partial charge in [0.25, 0.3) is 5.91 Å². The summed E-state index contributed by atoms with van der Waals surface area (Å²) in [5, 5.41) is 6.44. The molecule has 166 valence electrons. The van der Waals surface area contributed by atoms with E-state index in [9.17, 15) is 13.6 Å². The van der Waals surface area contributed by atoms with Crippen molar-refractivity contribution in [3.8, 4) is 11.5 Å². The minimum atomic E-state index is -2.95. The molecule has 10 heteroatoms. The monoisotopic (exact) mass is 435 g/mol. The fourth-order valence-corrected chi connectivity index (χ4v) is 2.93. The third kappa shape index (κ3) is 6.82. The number of ether oxygens (including phenoxy) is 3. The zero-order chi connectivity index (χ0) is 22.1. The summed E-state index contributed by atoms with van der Waals surface area (Å²) in [4.78, 5) is 19.2. The number of rotatable bonds is 9. The van der Waals surface area contributed by atoms with Crippen molar-refractivity contribution in [3.05, 3.63) is 48.0 Å². The molecule has 0 unspecified atom stereocenters. The summed E-state index contributed by atoms with van der Waals surface area (Å²) in [6.07, 6.45) is 1.33. The number of amides is 1. The number of halogens is 2. The molecule has 3 rings (SSSR count). The molecule has 0 bridgehead atoms. The van der Waals surface area contributed by atoms with Crippen molar-refractivity contribution in [1.29, 1.82) is 0 Å². The lowest BCUT2D eigenvalue weighted by molar-refractivity contribution is -0.120. The van der Waals surface area contributed by atoms with Crippen LogP contribution < -0.4 is 19.7 Å². The molecule has 1 fully saturated rings. The first-order chi connectivity index (χ1) is 15.0. The van der Waals surface area contributed by atoms with Crippen LogP contribution in [0.3, 0.4) is 0 Å². The highest BCUT2D eigenvalue weighted by atomic mass is 19.3. The van der Waals surface area contributed by atoms with E-state index >= 15 is 0 Å². The van der Waals surface area contributed by atoms with E-state index in [0.717, 1.165) is 18.8 Å². The molecule has 1 heterocycles. The molecule has 1 saturated heterocycles. The van der Waals surface area contributed by atoms with Crippen LogP contribution in [-0.2, 0) is 14.4 Å². The number of methoxy groups -OCH3 is 1. The Morgan fingerprint density at radius 1 is 1.19 bits per heavy atom. The standard InChI is InChI=1S/C21H23F2N3O5/c1-28-19-12-15(2-7-18(19)31-21(22)23)13-24-30-14-20(27)25-16-3-5-17(6-4-16)26-8-10-29-11-9-26/h2-7,12-13,21H,8-11,14H2,1H3,(H,25,27)/b24-13+. The van der Waals surface area contributed by atoms with Gasteiger partial charge in [0, 0.05) is 30.0 Å². The molecule has 0 radical (unpaired) electrons. The van der Waals surface area contributed by atoms with Gasteiger partial charge in [-0.05, 0) is 42.5 Å². The summed E-state index contributed by atoms with van der Waals surface area (Å²) in [5.74, 6) is -0.327. The van der Waals surface area contributed by atoms with E-state index in [1.165, 1.54) is 31.5 Å². The fraction of sp³-hybridized carbons (Fsp3) is 0.333. The number of alkyl halides is 2. The zero-order valence-electron chi connectivity index (χ0n) is 16.9. The molecule has 0 saturated carbocycles. The second kappa shape index (κ2) is 11.1. The van der Waals surface area contributed by atoms with Gasteiger partial charge in [0.15, 0.2) is 18.1 Å². The van der Waals surface area contributed by atoms with Gasteiger partial charge in [0.1, 0.15) is 0 Å². The molecule has 0 aliphatic carbocycles. The Labute approximate surface area is 178 Å². The molecule has 2 aromatic carbocycles. The number of hydrogen-bond donors (Lipinski definition) is 1. The zero-order valence-corrected chi connectivity index (χ0v) is 16.9. The quantitative estimate of drug-likeness (QED) is 0.482. The van der Waals surface area contributed by atoms with Gasteiger partial charge >= 0.3 is 6.61 Å². The van der Waals surface area contributed by atoms with E-state index < -0.39 is 6.61 Å². The van der Waals surface area contributed by atoms with Crippen LogP contribution in [0.15, 0.2) is 47.6 Å². The number of morpholine rings is 1. The van der Waals surface area contributed by atoms with Gasteiger partial charge in [0.05, 0.1) is 26.5 Å². The third-order valence-electron chi connectivity index (χ3n) is 4.40. The second-order valence-electron chi connectivity index (χ2n) is 6.49. The van der Waals surface area contributed by atoms with Crippen LogP contribution >= 0.6 is 0 Å². The Bertz CT molecular complexity index is 887. The van der Waals surface area contributed by atoms with Gasteiger partial charge in [-0.15, -0.1) is 0 Å². The summed E-state index contributed by atoms with van der Waals surface area (Å²) < 4.78 is 39.4. The SMILES string of the molecule is COc1cc(/C=N/OCC(=O)Nc2ccc(N3CCOCC3)cc2)ccc1OC(F)F. The lowest BCUT2D eigenvalue weighted by Gasteiger charge is -2.28. The lowest BCUT2D eigenvalue weighted by atomic mass is 10.2. The summed E-state index contributed by atoms with van der Waals surface area (Å²) in [6.45, 7) is -0.152. The average molecular weight is 435 g/mol. The molecule has 0 spiro atoms. The van der Waals surface area contributed by atoms with E-state index in [4.69, 9.17) is 14.3 Å². The molecule has 0 aromatic heterocycles. The molecule has 8 nitrogen and oxygen atoms in total. The van der Waals surface area contributed by atoms with Crippen LogP contribution in [0.5, 0.6) is 11.5 Å². The van der Waals surface area contributed by atoms with Crippen molar-refractivity contribution in [3.63, 3.8) is 0 Å². The maximum atomic E-state index is 12.4. The number of anilines is 2. The van der Waals surface area contributed by atoms with Gasteiger partial charge in [-0.1, -0.05) is 5.16 Å². The Balaban J connectivity index is 1.46. The summed E-state index contributed by atoms with van der Waals surface area (Å²) >= 11 is 0. The van der Waals surface area contributed by atoms with Gasteiger partial charge in [-0.3, -0.25) is 4.79 Å². The average Bonchev–Trinajstić information content (AvgIpc) is 2.78. The molecule has 0 atom stereocenters. The molecule has 1 aliphatic heterocycles. The van der Waals surface area contributed by atoms with Crippen LogP contribution in [0, 0.1) is 0 Å². The lowest BCUT2D eigenvalue weighted by Crippen LogP contribution is -2.36. The van der Waals surface area contributed by atoms with Crippen molar-refractivity contribution in [2.24, 2.45) is 5.16 Å². The smallest absolute Gasteiger partial charge is 0.387 e. The number of carbonyl (C=O) groups is 1. The van der Waals surface area contributed by atoms with Crippen LogP contribution in [0.25, 0.3) is 0 Å². The first-order valence-electron chi connectivity index (χ1n) is 9.56. The highest BCUT2D eigenvalue weighted by Gasteiger charge is 2.12. The van der Waals surface area contributed by atoms with Crippen LogP contribution in [0.1, 0.15) is 5.56 Å². The first kappa shape index (κ1) is 22.3. The topological polar surface area (TPSA) is 81.6 Å². The maximum absolute atomic E-state index is 12.4. The van der Waals surface area contributed by atoms with Gasteiger partial charge in [-0.2, -0.15) is 8.78 Å². The number of nitrogens with zero attached hydrogens (tertiary/aromatic N) is 2. The van der Waals surface area contributed by atoms with Crippen LogP contribution in [0.2, 0.25) is 0 Å². The number of benzene rings is 2. The van der Waals surface area contributed by atoms with Gasteiger partial charge in [0.2, 0.25) is 0 Å². The fourth-order valence-electron chi connectivity index (χ4n) is 2.93. The highest BCUT2D eigenvalue weighted by Crippen LogP contribution is 2.29. The number of nitrogens with one attached hydrogen (secondary N) is 1. The summed E-state index contributed by atoms with van der Waals surface area (Å²) in [7, 11) is 1.34. The Hall–Kier alpha value is -3.40. The minimum Gasteiger partial charge on any atom is -0.493 e. The van der Waals surface area contributed by atoms with E-state index in [1.54, 1.807) is 0 Å². The largest absolute Gasteiger partial charge is 0.493 e. The molecular formula is C21H23F2N3O5. The molecule has 1 amide bonds. The number of oxime groups is 1. The Kier molecular flexibility index (Phi) is 7.99. The number of hydrogen-bond acceptors (Lipinski definition) is 7. The predicted octanol–water partition coefficient (Wildman–Crippen LogP) is 3.12. The normalized spacial score (nSPS) is 14.0. The van der Waals surface area contributed by atoms with E-state index in [1.807, 2.05) is 24.3 Å². The molecular weight excluding hydrogens is 412 g/mol. The van der Waals surface area contributed by atoms with Crippen molar-refractivity contribution in [1.82, 2.24) is 0 Å². The summed E-state index contributed by atoms with van der Waals surface area (Å²) in [6, 6.07) is 11.8. The van der Waals surface area contributed by atoms with Crippen LogP contribution in [0.4, 0.5) is 20.2 Å². The maximum Gasteiger partial charge on any atom is 0.387 e. The van der Waals surface area contributed by atoms with E-state index in [-0.39, 0.29) is 24.0 Å². The number of carbonyl (C=O) groups excluding carboxylic acids is 1. The van der Waals surface area contributed by atoms with E-state index in [2.05, 4.69) is 20.1 Å². The minimum absolute atomic E-state index is 0.0883. The Morgan fingerprint density at radius 2 is 1.94 bits per heavy atom.